The Labute approximate surface area is 97.6 Å². The van der Waals surface area contributed by atoms with E-state index >= 15 is 0 Å². The molecule has 0 amide bonds. The highest BCUT2D eigenvalue weighted by Gasteiger charge is 2.22. The van der Waals surface area contributed by atoms with Gasteiger partial charge in [0.25, 0.3) is 0 Å². The van der Waals surface area contributed by atoms with Gasteiger partial charge in [0, 0.05) is 11.5 Å². The molecule has 1 aromatic rings. The van der Waals surface area contributed by atoms with Crippen molar-refractivity contribution in [3.05, 3.63) is 35.9 Å². The molecule has 0 bridgehead atoms. The largest absolute Gasteiger partial charge is 0.348 e. The zero-order chi connectivity index (χ0) is 11.2. The van der Waals surface area contributed by atoms with E-state index in [-0.39, 0.29) is 6.29 Å². The van der Waals surface area contributed by atoms with E-state index in [0.29, 0.717) is 5.92 Å². The summed E-state index contributed by atoms with van der Waals surface area (Å²) in [7, 11) is 0. The van der Waals surface area contributed by atoms with Gasteiger partial charge in [0.1, 0.15) is 0 Å². The van der Waals surface area contributed by atoms with Gasteiger partial charge in [-0.25, -0.2) is 0 Å². The third-order valence-corrected chi connectivity index (χ3v) is 3.00. The summed E-state index contributed by atoms with van der Waals surface area (Å²) in [5.41, 5.74) is 1.12. The molecule has 0 aromatic heterocycles. The average molecular weight is 220 g/mol. The second-order valence-corrected chi connectivity index (χ2v) is 4.42. The van der Waals surface area contributed by atoms with Crippen LogP contribution in [0.4, 0.5) is 0 Å². The van der Waals surface area contributed by atoms with Crippen molar-refractivity contribution in [1.29, 1.82) is 0 Å². The number of hydrogen-bond acceptors (Lipinski definition) is 2. The SMILES string of the molecule is CCCCC1COC(c2ccccc2)OC1. The van der Waals surface area contributed by atoms with E-state index in [1.165, 1.54) is 19.3 Å². The maximum atomic E-state index is 5.75. The molecule has 0 N–H and O–H groups in total. The first kappa shape index (κ1) is 11.6. The van der Waals surface area contributed by atoms with Gasteiger partial charge in [-0.2, -0.15) is 0 Å². The fourth-order valence-corrected chi connectivity index (χ4v) is 2.01. The smallest absolute Gasteiger partial charge is 0.183 e. The summed E-state index contributed by atoms with van der Waals surface area (Å²) in [6, 6.07) is 10.2. The molecule has 1 heterocycles. The maximum absolute atomic E-state index is 5.75. The molecule has 0 unspecified atom stereocenters. The minimum Gasteiger partial charge on any atom is -0.348 e. The van der Waals surface area contributed by atoms with Crippen molar-refractivity contribution in [1.82, 2.24) is 0 Å². The molecule has 0 atom stereocenters. The molecule has 1 aliphatic rings. The van der Waals surface area contributed by atoms with Crippen LogP contribution in [-0.4, -0.2) is 13.2 Å². The molecule has 0 spiro atoms. The van der Waals surface area contributed by atoms with Crippen LogP contribution in [0.25, 0.3) is 0 Å². The van der Waals surface area contributed by atoms with Gasteiger partial charge in [-0.1, -0.05) is 50.1 Å². The molecule has 1 saturated heterocycles. The van der Waals surface area contributed by atoms with Gasteiger partial charge >= 0.3 is 0 Å². The van der Waals surface area contributed by atoms with Crippen molar-refractivity contribution in [2.45, 2.75) is 32.5 Å². The number of benzene rings is 1. The van der Waals surface area contributed by atoms with E-state index in [1.54, 1.807) is 0 Å². The van der Waals surface area contributed by atoms with Crippen LogP contribution >= 0.6 is 0 Å². The Morgan fingerprint density at radius 1 is 1.12 bits per heavy atom. The molecule has 2 rings (SSSR count). The Morgan fingerprint density at radius 2 is 1.81 bits per heavy atom. The number of rotatable bonds is 4. The Bertz CT molecular complexity index is 289. The van der Waals surface area contributed by atoms with Gasteiger partial charge in [-0.15, -0.1) is 0 Å². The summed E-state index contributed by atoms with van der Waals surface area (Å²) >= 11 is 0. The molecule has 88 valence electrons. The Hall–Kier alpha value is -0.860. The lowest BCUT2D eigenvalue weighted by Crippen LogP contribution is -2.27. The first-order valence-corrected chi connectivity index (χ1v) is 6.18. The van der Waals surface area contributed by atoms with E-state index in [4.69, 9.17) is 9.47 Å². The predicted molar refractivity (Wildman–Crippen MR) is 64.1 cm³/mol. The molecule has 1 aromatic carbocycles. The van der Waals surface area contributed by atoms with Gasteiger partial charge in [0.2, 0.25) is 0 Å². The second kappa shape index (κ2) is 6.02. The van der Waals surface area contributed by atoms with Crippen molar-refractivity contribution in [3.63, 3.8) is 0 Å². The van der Waals surface area contributed by atoms with Crippen LogP contribution in [-0.2, 0) is 9.47 Å². The quantitative estimate of drug-likeness (QED) is 0.772. The molecular formula is C14H20O2. The third-order valence-electron chi connectivity index (χ3n) is 3.00. The lowest BCUT2D eigenvalue weighted by molar-refractivity contribution is -0.206. The topological polar surface area (TPSA) is 18.5 Å². The van der Waals surface area contributed by atoms with Crippen LogP contribution < -0.4 is 0 Å². The molecule has 2 nitrogen and oxygen atoms in total. The van der Waals surface area contributed by atoms with Crippen LogP contribution in [0.15, 0.2) is 30.3 Å². The summed E-state index contributed by atoms with van der Waals surface area (Å²) in [5, 5.41) is 0. The third kappa shape index (κ3) is 3.06. The van der Waals surface area contributed by atoms with E-state index in [2.05, 4.69) is 19.1 Å². The lowest BCUT2D eigenvalue weighted by Gasteiger charge is -2.29. The standard InChI is InChI=1S/C14H20O2/c1-2-3-7-12-10-15-14(16-11-12)13-8-5-4-6-9-13/h4-6,8-9,12,14H,2-3,7,10-11H2,1H3. The van der Waals surface area contributed by atoms with Gasteiger partial charge in [0.05, 0.1) is 13.2 Å². The first-order chi connectivity index (χ1) is 7.90. The summed E-state index contributed by atoms with van der Waals surface area (Å²) in [5.74, 6) is 0.583. The lowest BCUT2D eigenvalue weighted by atomic mass is 10.0. The highest BCUT2D eigenvalue weighted by molar-refractivity contribution is 5.16. The second-order valence-electron chi connectivity index (χ2n) is 4.42. The van der Waals surface area contributed by atoms with Crippen LogP contribution in [0.1, 0.15) is 38.0 Å². The van der Waals surface area contributed by atoms with Crippen molar-refractivity contribution in [2.24, 2.45) is 5.92 Å². The number of hydrogen-bond donors (Lipinski definition) is 0. The predicted octanol–water partition coefficient (Wildman–Crippen LogP) is 3.54. The highest BCUT2D eigenvalue weighted by Crippen LogP contribution is 2.26. The van der Waals surface area contributed by atoms with E-state index < -0.39 is 0 Å². The van der Waals surface area contributed by atoms with Crippen LogP contribution in [0.2, 0.25) is 0 Å². The van der Waals surface area contributed by atoms with Crippen LogP contribution in [0.3, 0.4) is 0 Å². The monoisotopic (exact) mass is 220 g/mol. The van der Waals surface area contributed by atoms with Crippen molar-refractivity contribution < 1.29 is 9.47 Å². The molecule has 0 radical (unpaired) electrons. The molecule has 1 fully saturated rings. The first-order valence-electron chi connectivity index (χ1n) is 6.18. The van der Waals surface area contributed by atoms with Crippen molar-refractivity contribution in [3.8, 4) is 0 Å². The van der Waals surface area contributed by atoms with Crippen molar-refractivity contribution in [2.75, 3.05) is 13.2 Å². The summed E-state index contributed by atoms with van der Waals surface area (Å²) < 4.78 is 11.5. The van der Waals surface area contributed by atoms with Gasteiger partial charge < -0.3 is 9.47 Å². The molecule has 2 heteroatoms. The molecular weight excluding hydrogens is 200 g/mol. The normalized spacial score (nSPS) is 25.6. The molecule has 0 saturated carbocycles. The summed E-state index contributed by atoms with van der Waals surface area (Å²) in [6.07, 6.45) is 3.59. The van der Waals surface area contributed by atoms with Gasteiger partial charge in [-0.3, -0.25) is 0 Å². The fourth-order valence-electron chi connectivity index (χ4n) is 2.01. The highest BCUT2D eigenvalue weighted by atomic mass is 16.7. The Kier molecular flexibility index (Phi) is 4.37. The van der Waals surface area contributed by atoms with Crippen LogP contribution in [0, 0.1) is 5.92 Å². The zero-order valence-electron chi connectivity index (χ0n) is 9.89. The van der Waals surface area contributed by atoms with Crippen molar-refractivity contribution >= 4 is 0 Å². The van der Waals surface area contributed by atoms with E-state index in [1.807, 2.05) is 18.2 Å². The summed E-state index contributed by atoms with van der Waals surface area (Å²) in [6.45, 7) is 3.89. The van der Waals surface area contributed by atoms with Gasteiger partial charge in [-0.05, 0) is 6.42 Å². The number of unbranched alkanes of at least 4 members (excludes halogenated alkanes) is 1. The average Bonchev–Trinajstić information content (AvgIpc) is 2.38. The Morgan fingerprint density at radius 3 is 2.44 bits per heavy atom. The maximum Gasteiger partial charge on any atom is 0.183 e. The molecule has 1 aliphatic heterocycles. The number of ether oxygens (including phenoxy) is 2. The molecule has 16 heavy (non-hydrogen) atoms. The van der Waals surface area contributed by atoms with E-state index in [9.17, 15) is 0 Å². The molecule has 0 aliphatic carbocycles. The van der Waals surface area contributed by atoms with E-state index in [0.717, 1.165) is 18.8 Å². The van der Waals surface area contributed by atoms with Crippen LogP contribution in [0.5, 0.6) is 0 Å². The minimum absolute atomic E-state index is 0.154. The zero-order valence-corrected chi connectivity index (χ0v) is 9.89. The Balaban J connectivity index is 1.81. The fraction of sp³-hybridized carbons (Fsp3) is 0.571. The minimum atomic E-state index is -0.154. The summed E-state index contributed by atoms with van der Waals surface area (Å²) in [4.78, 5) is 0. The van der Waals surface area contributed by atoms with Gasteiger partial charge in [0.15, 0.2) is 6.29 Å².